The first-order chi connectivity index (χ1) is 13.4. The molecule has 0 atom stereocenters. The minimum absolute atomic E-state index is 0.215. The molecule has 29 heavy (non-hydrogen) atoms. The van der Waals surface area contributed by atoms with Crippen LogP contribution in [-0.2, 0) is 4.79 Å². The molecule has 8 heteroatoms. The van der Waals surface area contributed by atoms with Gasteiger partial charge in [0.25, 0.3) is 5.91 Å². The lowest BCUT2D eigenvalue weighted by Gasteiger charge is -2.20. The van der Waals surface area contributed by atoms with Gasteiger partial charge in [0.2, 0.25) is 5.91 Å². The molecule has 0 fully saturated rings. The molecule has 0 aliphatic carbocycles. The number of carbonyl (C=O) groups excluding carboxylic acids is 2. The van der Waals surface area contributed by atoms with E-state index in [9.17, 15) is 22.8 Å². The molecule has 5 nitrogen and oxygen atoms in total. The summed E-state index contributed by atoms with van der Waals surface area (Å²) in [7, 11) is 0. The molecule has 2 N–H and O–H groups in total. The van der Waals surface area contributed by atoms with Gasteiger partial charge in [-0.05, 0) is 68.8 Å². The Morgan fingerprint density at radius 2 is 1.52 bits per heavy atom. The van der Waals surface area contributed by atoms with E-state index < -0.39 is 12.3 Å². The van der Waals surface area contributed by atoms with Gasteiger partial charge in [-0.15, -0.1) is 13.2 Å². The van der Waals surface area contributed by atoms with Gasteiger partial charge in [0.15, 0.2) is 0 Å². The first-order valence-corrected chi connectivity index (χ1v) is 8.69. The molecule has 0 aliphatic rings. The summed E-state index contributed by atoms with van der Waals surface area (Å²) in [6.45, 7) is 5.63. The smallest absolute Gasteiger partial charge is 0.406 e. The van der Waals surface area contributed by atoms with Gasteiger partial charge in [0, 0.05) is 22.9 Å². The molecule has 0 saturated heterocycles. The van der Waals surface area contributed by atoms with Crippen molar-refractivity contribution >= 4 is 23.6 Å². The van der Waals surface area contributed by atoms with Gasteiger partial charge in [0.1, 0.15) is 5.75 Å². The highest BCUT2D eigenvalue weighted by Crippen LogP contribution is 2.23. The summed E-state index contributed by atoms with van der Waals surface area (Å²) < 4.78 is 40.2. The number of hydrogen-bond donors (Lipinski definition) is 2. The van der Waals surface area contributed by atoms with Crippen molar-refractivity contribution in [2.45, 2.75) is 32.7 Å². The number of rotatable bonds is 5. The number of amides is 2. The Labute approximate surface area is 166 Å². The van der Waals surface area contributed by atoms with Crippen LogP contribution in [0.4, 0.5) is 18.9 Å². The van der Waals surface area contributed by atoms with E-state index in [0.29, 0.717) is 16.8 Å². The number of halogens is 3. The molecule has 2 rings (SSSR count). The molecular weight excluding hydrogens is 385 g/mol. The fourth-order valence-electron chi connectivity index (χ4n) is 2.25. The number of benzene rings is 2. The van der Waals surface area contributed by atoms with Gasteiger partial charge in [-0.1, -0.05) is 12.1 Å². The van der Waals surface area contributed by atoms with Crippen molar-refractivity contribution in [2.24, 2.45) is 0 Å². The predicted molar refractivity (Wildman–Crippen MR) is 104 cm³/mol. The summed E-state index contributed by atoms with van der Waals surface area (Å²) in [5.41, 5.74) is 1.14. The van der Waals surface area contributed by atoms with Crippen LogP contribution in [-0.4, -0.2) is 23.7 Å². The average molecular weight is 406 g/mol. The van der Waals surface area contributed by atoms with Crippen LogP contribution in [0.1, 0.15) is 36.7 Å². The van der Waals surface area contributed by atoms with Gasteiger partial charge >= 0.3 is 6.36 Å². The zero-order valence-corrected chi connectivity index (χ0v) is 16.1. The predicted octanol–water partition coefficient (Wildman–Crippen LogP) is 4.77. The van der Waals surface area contributed by atoms with E-state index in [4.69, 9.17) is 0 Å². The van der Waals surface area contributed by atoms with Crippen LogP contribution < -0.4 is 15.4 Å². The van der Waals surface area contributed by atoms with Crippen LogP contribution in [0.25, 0.3) is 6.08 Å². The lowest BCUT2D eigenvalue weighted by Crippen LogP contribution is -2.40. The van der Waals surface area contributed by atoms with Crippen molar-refractivity contribution < 1.29 is 27.5 Å². The van der Waals surface area contributed by atoms with Gasteiger partial charge in [-0.2, -0.15) is 0 Å². The van der Waals surface area contributed by atoms with Crippen molar-refractivity contribution in [1.29, 1.82) is 0 Å². The Balaban J connectivity index is 1.92. The second kappa shape index (κ2) is 8.81. The summed E-state index contributed by atoms with van der Waals surface area (Å²) >= 11 is 0. The van der Waals surface area contributed by atoms with E-state index in [1.165, 1.54) is 24.3 Å². The molecule has 2 amide bonds. The Morgan fingerprint density at radius 1 is 0.931 bits per heavy atom. The van der Waals surface area contributed by atoms with Crippen molar-refractivity contribution in [3.63, 3.8) is 0 Å². The van der Waals surface area contributed by atoms with Crippen molar-refractivity contribution in [3.05, 3.63) is 65.7 Å². The van der Waals surface area contributed by atoms with Crippen molar-refractivity contribution in [2.75, 3.05) is 5.32 Å². The van der Waals surface area contributed by atoms with E-state index in [1.807, 2.05) is 20.8 Å². The van der Waals surface area contributed by atoms with Gasteiger partial charge in [0.05, 0.1) is 0 Å². The number of nitrogens with one attached hydrogen (secondary N) is 2. The summed E-state index contributed by atoms with van der Waals surface area (Å²) in [5.74, 6) is -0.976. The van der Waals surface area contributed by atoms with E-state index in [0.717, 1.165) is 12.1 Å². The fraction of sp³-hybridized carbons (Fsp3) is 0.238. The largest absolute Gasteiger partial charge is 0.573 e. The van der Waals surface area contributed by atoms with Crippen LogP contribution in [0.2, 0.25) is 0 Å². The number of ether oxygens (including phenoxy) is 1. The topological polar surface area (TPSA) is 67.4 Å². The number of carbonyl (C=O) groups is 2. The normalized spacial score (nSPS) is 11.9. The second-order valence-electron chi connectivity index (χ2n) is 7.22. The van der Waals surface area contributed by atoms with Crippen LogP contribution in [0.3, 0.4) is 0 Å². The SMILES string of the molecule is CC(C)(C)NC(=O)c1ccc(NC(=O)/C=C/c2ccc(OC(F)(F)F)cc2)cc1. The van der Waals surface area contributed by atoms with Gasteiger partial charge in [-0.25, -0.2) is 0 Å². The van der Waals surface area contributed by atoms with Gasteiger partial charge < -0.3 is 15.4 Å². The third kappa shape index (κ3) is 8.08. The first kappa shape index (κ1) is 22.0. The minimum Gasteiger partial charge on any atom is -0.406 e. The van der Waals surface area contributed by atoms with Crippen LogP contribution in [0, 0.1) is 0 Å². The van der Waals surface area contributed by atoms with E-state index in [-0.39, 0.29) is 17.2 Å². The highest BCUT2D eigenvalue weighted by Gasteiger charge is 2.30. The molecular formula is C21H21F3N2O3. The Bertz CT molecular complexity index is 881. The minimum atomic E-state index is -4.75. The van der Waals surface area contributed by atoms with Crippen LogP contribution in [0.5, 0.6) is 5.75 Å². The molecule has 0 unspecified atom stereocenters. The lowest BCUT2D eigenvalue weighted by atomic mass is 10.1. The Morgan fingerprint density at radius 3 is 2.03 bits per heavy atom. The molecule has 0 bridgehead atoms. The van der Waals surface area contributed by atoms with Gasteiger partial charge in [-0.3, -0.25) is 9.59 Å². The fourth-order valence-corrected chi connectivity index (χ4v) is 2.25. The van der Waals surface area contributed by atoms with E-state index in [2.05, 4.69) is 15.4 Å². The molecule has 0 aromatic heterocycles. The molecule has 0 aliphatic heterocycles. The van der Waals surface area contributed by atoms with Crippen LogP contribution in [0.15, 0.2) is 54.6 Å². The number of hydrogen-bond acceptors (Lipinski definition) is 3. The van der Waals surface area contributed by atoms with E-state index in [1.54, 1.807) is 24.3 Å². The third-order valence-electron chi connectivity index (χ3n) is 3.44. The highest BCUT2D eigenvalue weighted by atomic mass is 19.4. The quantitative estimate of drug-likeness (QED) is 0.704. The molecule has 0 heterocycles. The second-order valence-corrected chi connectivity index (χ2v) is 7.22. The zero-order valence-electron chi connectivity index (χ0n) is 16.1. The van der Waals surface area contributed by atoms with Crippen molar-refractivity contribution in [3.8, 4) is 5.75 Å². The molecule has 2 aromatic rings. The molecule has 154 valence electrons. The highest BCUT2D eigenvalue weighted by molar-refractivity contribution is 6.02. The zero-order chi connectivity index (χ0) is 21.7. The maximum absolute atomic E-state index is 12.1. The standard InChI is InChI=1S/C21H21F3N2O3/c1-20(2,3)26-19(28)15-7-9-16(10-8-15)25-18(27)13-6-14-4-11-17(12-5-14)29-21(22,23)24/h4-13H,1-3H3,(H,25,27)(H,26,28)/b13-6+. The van der Waals surface area contributed by atoms with Crippen LogP contribution >= 0.6 is 0 Å². The lowest BCUT2D eigenvalue weighted by molar-refractivity contribution is -0.274. The van der Waals surface area contributed by atoms with Crippen molar-refractivity contribution in [1.82, 2.24) is 5.32 Å². The number of alkyl halides is 3. The maximum atomic E-state index is 12.1. The molecule has 0 radical (unpaired) electrons. The Hall–Kier alpha value is -3.29. The number of anilines is 1. The summed E-state index contributed by atoms with van der Waals surface area (Å²) in [6, 6.07) is 11.5. The third-order valence-corrected chi connectivity index (χ3v) is 3.44. The average Bonchev–Trinajstić information content (AvgIpc) is 2.59. The summed E-state index contributed by atoms with van der Waals surface area (Å²) in [4.78, 5) is 24.1. The summed E-state index contributed by atoms with van der Waals surface area (Å²) in [5, 5.41) is 5.48. The monoisotopic (exact) mass is 406 g/mol. The molecule has 2 aromatic carbocycles. The first-order valence-electron chi connectivity index (χ1n) is 8.69. The molecule has 0 spiro atoms. The van der Waals surface area contributed by atoms with E-state index >= 15 is 0 Å². The maximum Gasteiger partial charge on any atom is 0.573 e. The molecule has 0 saturated carbocycles. The Kier molecular flexibility index (Phi) is 6.68. The summed E-state index contributed by atoms with van der Waals surface area (Å²) in [6.07, 6.45) is -2.04.